The molecule has 4 rings (SSSR count). The number of fused-ring (bicyclic) bond motifs is 1. The van der Waals surface area contributed by atoms with Crippen molar-refractivity contribution in [2.75, 3.05) is 11.9 Å². The fourth-order valence-corrected chi connectivity index (χ4v) is 2.96. The van der Waals surface area contributed by atoms with Crippen LogP contribution in [0.4, 0.5) is 5.69 Å². The zero-order valence-electron chi connectivity index (χ0n) is 12.8. The van der Waals surface area contributed by atoms with Crippen molar-refractivity contribution in [1.29, 1.82) is 0 Å². The zero-order chi connectivity index (χ0) is 16.5. The van der Waals surface area contributed by atoms with Crippen molar-refractivity contribution in [1.82, 2.24) is 4.98 Å². The van der Waals surface area contributed by atoms with Gasteiger partial charge in [0.1, 0.15) is 11.6 Å². The number of benzene rings is 2. The lowest BCUT2D eigenvalue weighted by Crippen LogP contribution is -2.27. The molecule has 1 unspecified atom stereocenters. The second kappa shape index (κ2) is 6.26. The Labute approximate surface area is 143 Å². The molecule has 24 heavy (non-hydrogen) atoms. The first-order chi connectivity index (χ1) is 11.7. The van der Waals surface area contributed by atoms with E-state index in [1.807, 2.05) is 24.3 Å². The summed E-state index contributed by atoms with van der Waals surface area (Å²) in [6, 6.07) is 12.7. The Bertz CT molecular complexity index is 900. The third-order valence-electron chi connectivity index (χ3n) is 3.99. The Morgan fingerprint density at radius 1 is 1.25 bits per heavy atom. The second-order valence-electron chi connectivity index (χ2n) is 5.67. The number of rotatable bonds is 3. The smallest absolute Gasteiger partial charge is 0.253 e. The van der Waals surface area contributed by atoms with Gasteiger partial charge in [-0.2, -0.15) is 0 Å². The average Bonchev–Trinajstić information content (AvgIpc) is 3.24. The van der Waals surface area contributed by atoms with Gasteiger partial charge < -0.3 is 14.5 Å². The van der Waals surface area contributed by atoms with E-state index in [4.69, 9.17) is 20.8 Å². The van der Waals surface area contributed by atoms with Crippen LogP contribution in [0.25, 0.3) is 22.6 Å². The van der Waals surface area contributed by atoms with E-state index >= 15 is 0 Å². The normalized spacial score (nSPS) is 17.3. The Morgan fingerprint density at radius 2 is 2.12 bits per heavy atom. The molecular weight excluding hydrogens is 328 g/mol. The van der Waals surface area contributed by atoms with E-state index in [0.717, 1.165) is 18.4 Å². The second-order valence-corrected chi connectivity index (χ2v) is 6.10. The van der Waals surface area contributed by atoms with Crippen LogP contribution in [-0.4, -0.2) is 23.6 Å². The quantitative estimate of drug-likeness (QED) is 0.772. The number of ether oxygens (including phenoxy) is 1. The van der Waals surface area contributed by atoms with Crippen molar-refractivity contribution in [2.45, 2.75) is 18.9 Å². The highest BCUT2D eigenvalue weighted by atomic mass is 35.5. The first kappa shape index (κ1) is 15.2. The molecule has 1 aliphatic rings. The van der Waals surface area contributed by atoms with E-state index in [0.29, 0.717) is 34.3 Å². The van der Waals surface area contributed by atoms with Crippen molar-refractivity contribution in [3.63, 3.8) is 0 Å². The summed E-state index contributed by atoms with van der Waals surface area (Å²) in [6.45, 7) is 0.631. The summed E-state index contributed by atoms with van der Waals surface area (Å²) in [5.41, 5.74) is 2.69. The molecule has 6 heteroatoms. The van der Waals surface area contributed by atoms with E-state index in [-0.39, 0.29) is 12.0 Å². The summed E-state index contributed by atoms with van der Waals surface area (Å²) in [5, 5.41) is 3.52. The Balaban J connectivity index is 1.68. The first-order valence-electron chi connectivity index (χ1n) is 7.79. The summed E-state index contributed by atoms with van der Waals surface area (Å²) in [6.07, 6.45) is 1.27. The molecule has 0 bridgehead atoms. The molecule has 0 radical (unpaired) electrons. The fraction of sp³-hybridized carbons (Fsp3) is 0.222. The summed E-state index contributed by atoms with van der Waals surface area (Å²) in [4.78, 5) is 16.8. The molecule has 122 valence electrons. The molecular formula is C18H15ClN2O3. The van der Waals surface area contributed by atoms with Gasteiger partial charge in [-0.1, -0.05) is 23.7 Å². The van der Waals surface area contributed by atoms with Crippen LogP contribution >= 0.6 is 11.6 Å². The van der Waals surface area contributed by atoms with Gasteiger partial charge in [0.2, 0.25) is 5.89 Å². The maximum atomic E-state index is 12.3. The standard InChI is InChI=1S/C18H15ClN2O3/c19-11-7-8-15-14(10-11)21-18(24-15)12-4-1-2-5-13(12)20-17(22)16-6-3-9-23-16/h1-2,4-5,7-8,10,16H,3,6,9H2,(H,20,22). The lowest BCUT2D eigenvalue weighted by molar-refractivity contribution is -0.124. The molecule has 1 saturated heterocycles. The molecule has 1 amide bonds. The van der Waals surface area contributed by atoms with Gasteiger partial charge in [0.05, 0.1) is 11.3 Å². The molecule has 3 aromatic rings. The van der Waals surface area contributed by atoms with Crippen molar-refractivity contribution < 1.29 is 13.9 Å². The maximum Gasteiger partial charge on any atom is 0.253 e. The van der Waals surface area contributed by atoms with E-state index in [9.17, 15) is 4.79 Å². The largest absolute Gasteiger partial charge is 0.436 e. The highest BCUT2D eigenvalue weighted by molar-refractivity contribution is 6.31. The summed E-state index contributed by atoms with van der Waals surface area (Å²) in [7, 11) is 0. The summed E-state index contributed by atoms with van der Waals surface area (Å²) >= 11 is 5.99. The van der Waals surface area contributed by atoms with Gasteiger partial charge >= 0.3 is 0 Å². The molecule has 1 aromatic heterocycles. The molecule has 0 spiro atoms. The lowest BCUT2D eigenvalue weighted by atomic mass is 10.1. The molecule has 0 aliphatic carbocycles. The van der Waals surface area contributed by atoms with Crippen molar-refractivity contribution >= 4 is 34.3 Å². The number of anilines is 1. The van der Waals surface area contributed by atoms with Gasteiger partial charge in [0.25, 0.3) is 5.91 Å². The van der Waals surface area contributed by atoms with Crippen LogP contribution in [0.15, 0.2) is 46.9 Å². The zero-order valence-corrected chi connectivity index (χ0v) is 13.5. The van der Waals surface area contributed by atoms with E-state index in [1.165, 1.54) is 0 Å². The number of hydrogen-bond acceptors (Lipinski definition) is 4. The molecule has 0 saturated carbocycles. The van der Waals surface area contributed by atoms with Crippen molar-refractivity contribution in [3.8, 4) is 11.5 Å². The number of para-hydroxylation sites is 1. The Morgan fingerprint density at radius 3 is 2.96 bits per heavy atom. The summed E-state index contributed by atoms with van der Waals surface area (Å²) < 4.78 is 11.2. The number of halogens is 1. The Kier molecular flexibility index (Phi) is 3.96. The molecule has 1 fully saturated rings. The molecule has 1 aliphatic heterocycles. The fourth-order valence-electron chi connectivity index (χ4n) is 2.79. The number of carbonyl (C=O) groups excluding carboxylic acids is 1. The molecule has 2 heterocycles. The predicted molar refractivity (Wildman–Crippen MR) is 92.1 cm³/mol. The first-order valence-corrected chi connectivity index (χ1v) is 8.16. The topological polar surface area (TPSA) is 64.4 Å². The van der Waals surface area contributed by atoms with Gasteiger partial charge in [0, 0.05) is 11.6 Å². The minimum absolute atomic E-state index is 0.140. The molecule has 5 nitrogen and oxygen atoms in total. The summed E-state index contributed by atoms with van der Waals surface area (Å²) in [5.74, 6) is 0.301. The van der Waals surface area contributed by atoms with Gasteiger partial charge in [-0.25, -0.2) is 4.98 Å². The molecule has 1 N–H and O–H groups in total. The van der Waals surface area contributed by atoms with Crippen LogP contribution in [0.3, 0.4) is 0 Å². The van der Waals surface area contributed by atoms with Gasteiger partial charge in [-0.05, 0) is 43.2 Å². The van der Waals surface area contributed by atoms with Crippen LogP contribution in [-0.2, 0) is 9.53 Å². The molecule has 1 atom stereocenters. The maximum absolute atomic E-state index is 12.3. The monoisotopic (exact) mass is 342 g/mol. The number of carbonyl (C=O) groups is 1. The van der Waals surface area contributed by atoms with Crippen molar-refractivity contribution in [2.24, 2.45) is 0 Å². The number of oxazole rings is 1. The Hall–Kier alpha value is -2.37. The number of hydrogen-bond donors (Lipinski definition) is 1. The van der Waals surface area contributed by atoms with Gasteiger partial charge in [0.15, 0.2) is 5.58 Å². The number of amides is 1. The minimum Gasteiger partial charge on any atom is -0.436 e. The highest BCUT2D eigenvalue weighted by Gasteiger charge is 2.24. The third-order valence-corrected chi connectivity index (χ3v) is 4.22. The van der Waals surface area contributed by atoms with E-state index < -0.39 is 0 Å². The average molecular weight is 343 g/mol. The van der Waals surface area contributed by atoms with E-state index in [1.54, 1.807) is 18.2 Å². The number of aromatic nitrogens is 1. The number of nitrogens with one attached hydrogen (secondary N) is 1. The predicted octanol–water partition coefficient (Wildman–Crippen LogP) is 4.27. The minimum atomic E-state index is -0.388. The van der Waals surface area contributed by atoms with Crippen LogP contribution in [0.5, 0.6) is 0 Å². The lowest BCUT2D eigenvalue weighted by Gasteiger charge is -2.12. The SMILES string of the molecule is O=C(Nc1ccccc1-c1nc2cc(Cl)ccc2o1)C1CCCO1. The van der Waals surface area contributed by atoms with E-state index in [2.05, 4.69) is 10.3 Å². The highest BCUT2D eigenvalue weighted by Crippen LogP contribution is 2.31. The van der Waals surface area contributed by atoms with Crippen LogP contribution in [0.2, 0.25) is 5.02 Å². The van der Waals surface area contributed by atoms with Crippen LogP contribution in [0, 0.1) is 0 Å². The molecule has 2 aromatic carbocycles. The van der Waals surface area contributed by atoms with Gasteiger partial charge in [-0.15, -0.1) is 0 Å². The van der Waals surface area contributed by atoms with Crippen molar-refractivity contribution in [3.05, 3.63) is 47.5 Å². The third kappa shape index (κ3) is 2.88. The number of nitrogens with zero attached hydrogens (tertiary/aromatic N) is 1. The van der Waals surface area contributed by atoms with Gasteiger partial charge in [-0.3, -0.25) is 4.79 Å². The van der Waals surface area contributed by atoms with Crippen LogP contribution < -0.4 is 5.32 Å². The van der Waals surface area contributed by atoms with Crippen LogP contribution in [0.1, 0.15) is 12.8 Å².